The molecule has 5 rings (SSSR count). The highest BCUT2D eigenvalue weighted by molar-refractivity contribution is 7.89. The lowest BCUT2D eigenvalue weighted by Crippen LogP contribution is -2.36. The van der Waals surface area contributed by atoms with Gasteiger partial charge in [-0.2, -0.15) is 4.31 Å². The predicted octanol–water partition coefficient (Wildman–Crippen LogP) is 5.69. The van der Waals surface area contributed by atoms with Gasteiger partial charge in [0.1, 0.15) is 11.5 Å². The quantitative estimate of drug-likeness (QED) is 0.256. The van der Waals surface area contributed by atoms with E-state index >= 15 is 0 Å². The van der Waals surface area contributed by atoms with Crippen LogP contribution in [0.2, 0.25) is 5.02 Å². The van der Waals surface area contributed by atoms with Crippen molar-refractivity contribution >= 4 is 27.6 Å². The molecule has 3 aromatic carbocycles. The summed E-state index contributed by atoms with van der Waals surface area (Å²) in [6, 6.07) is 19.5. The van der Waals surface area contributed by atoms with Gasteiger partial charge in [-0.1, -0.05) is 35.9 Å². The van der Waals surface area contributed by atoms with Crippen molar-refractivity contribution in [2.45, 2.75) is 44.0 Å². The molecule has 0 spiro atoms. The molecule has 0 radical (unpaired) electrons. The van der Waals surface area contributed by atoms with Crippen LogP contribution in [0.15, 0.2) is 76.0 Å². The molecule has 8 nitrogen and oxygen atoms in total. The molecule has 1 aliphatic rings. The molecule has 208 valence electrons. The smallest absolute Gasteiger partial charge is 0.303 e. The first kappa shape index (κ1) is 27.9. The second-order valence-electron chi connectivity index (χ2n) is 9.60. The molecule has 0 unspecified atom stereocenters. The largest absolute Gasteiger partial charge is 0.493 e. The second kappa shape index (κ2) is 11.8. The van der Waals surface area contributed by atoms with Crippen LogP contribution in [0.25, 0.3) is 11.5 Å². The highest BCUT2D eigenvalue weighted by atomic mass is 35.5. The topological polar surface area (TPSA) is 110 Å². The number of aryl methyl sites for hydroxylation is 2. The van der Waals surface area contributed by atoms with Crippen LogP contribution in [0.4, 0.5) is 0 Å². The van der Waals surface area contributed by atoms with Crippen LogP contribution in [0, 0.1) is 6.92 Å². The number of fused-ring (bicyclic) bond motifs is 1. The number of aromatic nitrogens is 1. The average molecular weight is 581 g/mol. The summed E-state index contributed by atoms with van der Waals surface area (Å²) in [6.07, 6.45) is 1.23. The Hall–Kier alpha value is -3.66. The van der Waals surface area contributed by atoms with E-state index in [0.717, 1.165) is 33.7 Å². The molecule has 0 fully saturated rings. The highest BCUT2D eigenvalue weighted by Gasteiger charge is 2.31. The Labute approximate surface area is 238 Å². The minimum absolute atomic E-state index is 0.0498. The Morgan fingerprint density at radius 2 is 1.80 bits per heavy atom. The Morgan fingerprint density at radius 1 is 1.05 bits per heavy atom. The van der Waals surface area contributed by atoms with Gasteiger partial charge in [0, 0.05) is 42.1 Å². The Balaban J connectivity index is 1.35. The Bertz CT molecular complexity index is 1620. The summed E-state index contributed by atoms with van der Waals surface area (Å²) < 4.78 is 40.2. The average Bonchev–Trinajstić information content (AvgIpc) is 3.33. The van der Waals surface area contributed by atoms with Crippen LogP contribution in [0.5, 0.6) is 5.75 Å². The second-order valence-corrected chi connectivity index (χ2v) is 12.0. The molecule has 1 aromatic heterocycles. The summed E-state index contributed by atoms with van der Waals surface area (Å²) in [5, 5.41) is 9.71. The van der Waals surface area contributed by atoms with Gasteiger partial charge in [0.05, 0.1) is 17.2 Å². The fourth-order valence-corrected chi connectivity index (χ4v) is 6.41. The zero-order valence-electron chi connectivity index (χ0n) is 22.0. The van der Waals surface area contributed by atoms with Gasteiger partial charge in [-0.25, -0.2) is 13.4 Å². The summed E-state index contributed by atoms with van der Waals surface area (Å²) in [5.74, 6) is 1.06. The third kappa shape index (κ3) is 6.06. The van der Waals surface area contributed by atoms with Crippen molar-refractivity contribution in [3.63, 3.8) is 0 Å². The molecule has 1 aliphatic heterocycles. The fourth-order valence-electron chi connectivity index (χ4n) is 4.88. The van der Waals surface area contributed by atoms with Crippen molar-refractivity contribution in [3.8, 4) is 17.2 Å². The molecule has 0 saturated carbocycles. The van der Waals surface area contributed by atoms with E-state index in [1.807, 2.05) is 49.4 Å². The summed E-state index contributed by atoms with van der Waals surface area (Å²) >= 11 is 5.95. The van der Waals surface area contributed by atoms with Gasteiger partial charge in [-0.05, 0) is 73.4 Å². The maximum Gasteiger partial charge on any atom is 0.303 e. The molecular weight excluding hydrogens is 552 g/mol. The van der Waals surface area contributed by atoms with Crippen molar-refractivity contribution in [2.24, 2.45) is 0 Å². The molecule has 0 bridgehead atoms. The van der Waals surface area contributed by atoms with Gasteiger partial charge in [-0.15, -0.1) is 0 Å². The predicted molar refractivity (Wildman–Crippen MR) is 151 cm³/mol. The number of carbonyl (C=O) groups is 1. The number of halogens is 1. The number of rotatable bonds is 10. The number of hydrogen-bond acceptors (Lipinski definition) is 6. The van der Waals surface area contributed by atoms with Crippen LogP contribution < -0.4 is 4.74 Å². The van der Waals surface area contributed by atoms with Crippen LogP contribution in [-0.4, -0.2) is 41.9 Å². The van der Waals surface area contributed by atoms with Crippen molar-refractivity contribution in [2.75, 3.05) is 13.2 Å². The standard InChI is InChI=1S/C30H29ClN2O6S/c1-20-27(32-30(39-20)22-5-3-2-4-6-22)16-18-38-28-13-7-21(8-14-29(34)35)26-19-33(17-15-25(26)28)40(36,37)24-11-9-23(31)10-12-24/h2-7,9-13H,8,14-19H2,1H3,(H,34,35). The normalized spacial score (nSPS) is 13.7. The van der Waals surface area contributed by atoms with Crippen LogP contribution in [0.3, 0.4) is 0 Å². The number of benzene rings is 3. The number of sulfonamides is 1. The molecule has 40 heavy (non-hydrogen) atoms. The molecule has 10 heteroatoms. The summed E-state index contributed by atoms with van der Waals surface area (Å²) in [6.45, 7) is 2.65. The summed E-state index contributed by atoms with van der Waals surface area (Å²) in [4.78, 5) is 16.1. The number of aliphatic carboxylic acids is 1. The van der Waals surface area contributed by atoms with E-state index in [-0.39, 0.29) is 24.4 Å². The van der Waals surface area contributed by atoms with Crippen molar-refractivity contribution in [1.82, 2.24) is 9.29 Å². The molecule has 4 aromatic rings. The van der Waals surface area contributed by atoms with Gasteiger partial charge in [0.2, 0.25) is 15.9 Å². The fraction of sp³-hybridized carbons (Fsp3) is 0.267. The maximum absolute atomic E-state index is 13.4. The minimum atomic E-state index is -3.76. The van der Waals surface area contributed by atoms with E-state index in [1.165, 1.54) is 16.4 Å². The van der Waals surface area contributed by atoms with E-state index in [2.05, 4.69) is 4.98 Å². The first-order valence-corrected chi connectivity index (χ1v) is 14.8. The third-order valence-electron chi connectivity index (χ3n) is 7.00. The lowest BCUT2D eigenvalue weighted by Gasteiger charge is -2.31. The monoisotopic (exact) mass is 580 g/mol. The van der Waals surface area contributed by atoms with Crippen LogP contribution >= 0.6 is 11.6 Å². The van der Waals surface area contributed by atoms with Gasteiger partial charge in [0.15, 0.2) is 0 Å². The van der Waals surface area contributed by atoms with Gasteiger partial charge < -0.3 is 14.3 Å². The van der Waals surface area contributed by atoms with Crippen molar-refractivity contribution < 1.29 is 27.5 Å². The van der Waals surface area contributed by atoms with Gasteiger partial charge >= 0.3 is 5.97 Å². The van der Waals surface area contributed by atoms with Crippen molar-refractivity contribution in [1.29, 1.82) is 0 Å². The number of ether oxygens (including phenoxy) is 1. The van der Waals surface area contributed by atoms with E-state index in [0.29, 0.717) is 42.5 Å². The van der Waals surface area contributed by atoms with Crippen LogP contribution in [-0.2, 0) is 40.6 Å². The number of carboxylic acids is 1. The lowest BCUT2D eigenvalue weighted by atomic mass is 9.92. The first-order valence-electron chi connectivity index (χ1n) is 13.0. The van der Waals surface area contributed by atoms with Crippen LogP contribution in [0.1, 0.15) is 34.6 Å². The minimum Gasteiger partial charge on any atom is -0.493 e. The number of nitrogens with zero attached hydrogens (tertiary/aromatic N) is 2. The highest BCUT2D eigenvalue weighted by Crippen LogP contribution is 2.34. The number of oxazole rings is 1. The molecule has 0 aliphatic carbocycles. The molecule has 0 amide bonds. The van der Waals surface area contributed by atoms with E-state index in [4.69, 9.17) is 20.8 Å². The zero-order valence-corrected chi connectivity index (χ0v) is 23.5. The van der Waals surface area contributed by atoms with E-state index in [1.54, 1.807) is 12.1 Å². The Morgan fingerprint density at radius 3 is 2.52 bits per heavy atom. The number of hydrogen-bond donors (Lipinski definition) is 1. The number of carboxylic acid groups (broad SMARTS) is 1. The summed E-state index contributed by atoms with van der Waals surface area (Å²) in [7, 11) is -3.76. The van der Waals surface area contributed by atoms with Gasteiger partial charge in [-0.3, -0.25) is 4.79 Å². The molecule has 0 atom stereocenters. The van der Waals surface area contributed by atoms with E-state index < -0.39 is 16.0 Å². The first-order chi connectivity index (χ1) is 19.2. The lowest BCUT2D eigenvalue weighted by molar-refractivity contribution is -0.136. The summed E-state index contributed by atoms with van der Waals surface area (Å²) in [5.41, 5.74) is 4.23. The van der Waals surface area contributed by atoms with Crippen molar-refractivity contribution in [3.05, 3.63) is 99.9 Å². The molecule has 1 N–H and O–H groups in total. The zero-order chi connectivity index (χ0) is 28.3. The Kier molecular flexibility index (Phi) is 8.25. The van der Waals surface area contributed by atoms with Gasteiger partial charge in [0.25, 0.3) is 0 Å². The molecule has 2 heterocycles. The van der Waals surface area contributed by atoms with E-state index in [9.17, 15) is 18.3 Å². The third-order valence-corrected chi connectivity index (χ3v) is 9.11. The maximum atomic E-state index is 13.4. The molecular formula is C30H29ClN2O6S. The molecule has 0 saturated heterocycles. The SMILES string of the molecule is Cc1oc(-c2ccccc2)nc1CCOc1ccc(CCC(=O)O)c2c1CCN(S(=O)(=O)c1ccc(Cl)cc1)C2.